The zero-order valence-corrected chi connectivity index (χ0v) is 16.3. The maximum absolute atomic E-state index is 12.8. The van der Waals surface area contributed by atoms with Crippen LogP contribution in [0.2, 0.25) is 0 Å². The summed E-state index contributed by atoms with van der Waals surface area (Å²) >= 11 is 0. The van der Waals surface area contributed by atoms with E-state index in [2.05, 4.69) is 20.6 Å². The van der Waals surface area contributed by atoms with E-state index in [0.717, 1.165) is 27.8 Å². The Morgan fingerprint density at radius 1 is 1.21 bits per heavy atom. The van der Waals surface area contributed by atoms with Gasteiger partial charge in [-0.15, -0.1) is 0 Å². The minimum atomic E-state index is -0.646. The van der Waals surface area contributed by atoms with Gasteiger partial charge in [-0.2, -0.15) is 0 Å². The van der Waals surface area contributed by atoms with Gasteiger partial charge < -0.3 is 20.5 Å². The molecule has 0 bridgehead atoms. The summed E-state index contributed by atoms with van der Waals surface area (Å²) in [5, 5.41) is 6.74. The lowest BCUT2D eigenvalue weighted by Gasteiger charge is -2.18. The van der Waals surface area contributed by atoms with Crippen molar-refractivity contribution >= 4 is 28.5 Å². The number of carbonyl (C=O) groups excluding carboxylic acids is 2. The third-order valence-corrected chi connectivity index (χ3v) is 4.53. The highest BCUT2D eigenvalue weighted by molar-refractivity contribution is 5.89. The predicted octanol–water partition coefficient (Wildman–Crippen LogP) is 1.99. The van der Waals surface area contributed by atoms with Crippen LogP contribution in [0.5, 0.6) is 0 Å². The predicted molar refractivity (Wildman–Crippen MR) is 110 cm³/mol. The van der Waals surface area contributed by atoms with E-state index >= 15 is 0 Å². The summed E-state index contributed by atoms with van der Waals surface area (Å²) < 4.78 is 0. The maximum atomic E-state index is 12.8. The Balaban J connectivity index is 1.71. The highest BCUT2D eigenvalue weighted by Crippen LogP contribution is 2.19. The zero-order valence-electron chi connectivity index (χ0n) is 16.3. The van der Waals surface area contributed by atoms with Crippen molar-refractivity contribution in [3.63, 3.8) is 0 Å². The Morgan fingerprint density at radius 2 is 2.00 bits per heavy atom. The Labute approximate surface area is 164 Å². The number of carbonyl (C=O) groups is 2. The molecule has 0 aliphatic carbocycles. The first-order chi connectivity index (χ1) is 13.4. The first-order valence-corrected chi connectivity index (χ1v) is 9.16. The number of nitrogens with one attached hydrogen (secondary N) is 3. The summed E-state index contributed by atoms with van der Waals surface area (Å²) in [6, 6.07) is 11.0. The van der Waals surface area contributed by atoms with Crippen LogP contribution in [-0.4, -0.2) is 41.9 Å². The fourth-order valence-electron chi connectivity index (χ4n) is 3.10. The summed E-state index contributed by atoms with van der Waals surface area (Å²) in [6.45, 7) is 1.79. The monoisotopic (exact) mass is 379 g/mol. The standard InChI is InChI=1S/C21H25N5O2/c1-14(27)25-19(11-16-13-23-18-7-5-4-6-17(16)18)21(28)24-12-15-8-9-22-20(10-15)26(2)3/h4-10,13,19,23H,11-12H2,1-3H3,(H,24,28)(H,25,27). The number of hydrogen-bond donors (Lipinski definition) is 3. The number of amides is 2. The van der Waals surface area contributed by atoms with Gasteiger partial charge in [-0.1, -0.05) is 18.2 Å². The van der Waals surface area contributed by atoms with E-state index in [0.29, 0.717) is 13.0 Å². The molecule has 0 saturated heterocycles. The van der Waals surface area contributed by atoms with Crippen LogP contribution in [0.1, 0.15) is 18.1 Å². The van der Waals surface area contributed by atoms with Crippen molar-refractivity contribution in [1.82, 2.24) is 20.6 Å². The molecule has 1 atom stereocenters. The smallest absolute Gasteiger partial charge is 0.243 e. The van der Waals surface area contributed by atoms with Crippen LogP contribution in [0, 0.1) is 0 Å². The summed E-state index contributed by atoms with van der Waals surface area (Å²) in [5.41, 5.74) is 2.94. The lowest BCUT2D eigenvalue weighted by Crippen LogP contribution is -2.47. The molecule has 2 heterocycles. The quantitative estimate of drug-likeness (QED) is 0.586. The summed E-state index contributed by atoms with van der Waals surface area (Å²) in [4.78, 5) is 33.8. The minimum absolute atomic E-state index is 0.219. The van der Waals surface area contributed by atoms with Crippen molar-refractivity contribution in [3.8, 4) is 0 Å². The van der Waals surface area contributed by atoms with Gasteiger partial charge in [0.05, 0.1) is 0 Å². The number of hydrogen-bond acceptors (Lipinski definition) is 4. The number of H-pyrrole nitrogens is 1. The molecule has 1 unspecified atom stereocenters. The molecule has 0 aliphatic rings. The molecule has 0 spiro atoms. The number of nitrogens with zero attached hydrogens (tertiary/aromatic N) is 2. The average Bonchev–Trinajstić information content (AvgIpc) is 3.08. The molecule has 3 rings (SSSR count). The number of para-hydroxylation sites is 1. The van der Waals surface area contributed by atoms with E-state index in [-0.39, 0.29) is 11.8 Å². The highest BCUT2D eigenvalue weighted by Gasteiger charge is 2.21. The number of fused-ring (bicyclic) bond motifs is 1. The molecule has 2 aromatic heterocycles. The number of rotatable bonds is 7. The fraction of sp³-hybridized carbons (Fsp3) is 0.286. The lowest BCUT2D eigenvalue weighted by atomic mass is 10.0. The topological polar surface area (TPSA) is 90.1 Å². The molecule has 0 radical (unpaired) electrons. The average molecular weight is 379 g/mol. The van der Waals surface area contributed by atoms with E-state index in [1.807, 2.05) is 61.6 Å². The van der Waals surface area contributed by atoms with Gasteiger partial charge >= 0.3 is 0 Å². The molecule has 146 valence electrons. The molecule has 0 aliphatic heterocycles. The molecule has 7 nitrogen and oxygen atoms in total. The minimum Gasteiger partial charge on any atom is -0.363 e. The Hall–Kier alpha value is -3.35. The van der Waals surface area contributed by atoms with Crippen molar-refractivity contribution in [2.75, 3.05) is 19.0 Å². The van der Waals surface area contributed by atoms with Gasteiger partial charge in [-0.25, -0.2) is 4.98 Å². The highest BCUT2D eigenvalue weighted by atomic mass is 16.2. The second-order valence-corrected chi connectivity index (χ2v) is 6.95. The van der Waals surface area contributed by atoms with Crippen molar-refractivity contribution in [1.29, 1.82) is 0 Å². The van der Waals surface area contributed by atoms with Gasteiger partial charge in [-0.3, -0.25) is 9.59 Å². The summed E-state index contributed by atoms with van der Waals surface area (Å²) in [5.74, 6) is 0.367. The number of benzene rings is 1. The van der Waals surface area contributed by atoms with E-state index < -0.39 is 6.04 Å². The SMILES string of the molecule is CC(=O)NC(Cc1c[nH]c2ccccc12)C(=O)NCc1ccnc(N(C)C)c1. The Bertz CT molecular complexity index is 980. The first-order valence-electron chi connectivity index (χ1n) is 9.16. The summed E-state index contributed by atoms with van der Waals surface area (Å²) in [6.07, 6.45) is 4.02. The van der Waals surface area contributed by atoms with Crippen LogP contribution in [0.25, 0.3) is 10.9 Å². The van der Waals surface area contributed by atoms with Crippen molar-refractivity contribution < 1.29 is 9.59 Å². The first kappa shape index (κ1) is 19.4. The molecular formula is C21H25N5O2. The van der Waals surface area contributed by atoms with Gasteiger partial charge in [0.1, 0.15) is 11.9 Å². The van der Waals surface area contributed by atoms with Gasteiger partial charge in [0.25, 0.3) is 0 Å². The largest absolute Gasteiger partial charge is 0.363 e. The molecule has 3 N–H and O–H groups in total. The number of aromatic nitrogens is 2. The number of anilines is 1. The number of pyridine rings is 1. The normalized spacial score (nSPS) is 11.8. The summed E-state index contributed by atoms with van der Waals surface area (Å²) in [7, 11) is 3.83. The molecular weight excluding hydrogens is 354 g/mol. The van der Waals surface area contributed by atoms with Crippen LogP contribution in [0.15, 0.2) is 48.8 Å². The van der Waals surface area contributed by atoms with Gasteiger partial charge in [0.2, 0.25) is 11.8 Å². The van der Waals surface area contributed by atoms with Gasteiger partial charge in [-0.05, 0) is 29.3 Å². The van der Waals surface area contributed by atoms with Gasteiger partial charge in [0, 0.05) is 57.3 Å². The third kappa shape index (κ3) is 4.68. The zero-order chi connectivity index (χ0) is 20.1. The van der Waals surface area contributed by atoms with E-state index in [1.54, 1.807) is 6.20 Å². The van der Waals surface area contributed by atoms with Crippen molar-refractivity contribution in [2.45, 2.75) is 25.9 Å². The fourth-order valence-corrected chi connectivity index (χ4v) is 3.10. The molecule has 0 saturated carbocycles. The lowest BCUT2D eigenvalue weighted by molar-refractivity contribution is -0.128. The molecule has 2 amide bonds. The van der Waals surface area contributed by atoms with Crippen LogP contribution < -0.4 is 15.5 Å². The van der Waals surface area contributed by atoms with Crippen molar-refractivity contribution in [2.24, 2.45) is 0 Å². The third-order valence-electron chi connectivity index (χ3n) is 4.53. The molecule has 0 fully saturated rings. The second-order valence-electron chi connectivity index (χ2n) is 6.95. The van der Waals surface area contributed by atoms with Crippen LogP contribution >= 0.6 is 0 Å². The molecule has 1 aromatic carbocycles. The van der Waals surface area contributed by atoms with E-state index in [9.17, 15) is 9.59 Å². The van der Waals surface area contributed by atoms with E-state index in [1.165, 1.54) is 6.92 Å². The molecule has 3 aromatic rings. The van der Waals surface area contributed by atoms with Gasteiger partial charge in [0.15, 0.2) is 0 Å². The molecule has 7 heteroatoms. The van der Waals surface area contributed by atoms with Crippen LogP contribution in [-0.2, 0) is 22.6 Å². The van der Waals surface area contributed by atoms with Crippen molar-refractivity contribution in [3.05, 3.63) is 59.9 Å². The second kappa shape index (κ2) is 8.56. The van der Waals surface area contributed by atoms with Crippen LogP contribution in [0.4, 0.5) is 5.82 Å². The Morgan fingerprint density at radius 3 is 2.75 bits per heavy atom. The number of aromatic amines is 1. The maximum Gasteiger partial charge on any atom is 0.243 e. The van der Waals surface area contributed by atoms with E-state index in [4.69, 9.17) is 0 Å². The Kier molecular flexibility index (Phi) is 5.93. The van der Waals surface area contributed by atoms with Crippen LogP contribution in [0.3, 0.4) is 0 Å². The molecule has 28 heavy (non-hydrogen) atoms.